The van der Waals surface area contributed by atoms with E-state index in [0.29, 0.717) is 11.4 Å². The fraction of sp³-hybridized carbons (Fsp3) is 0.500. The molecule has 78 valence electrons. The molecule has 0 radical (unpaired) electrons. The zero-order valence-corrected chi connectivity index (χ0v) is 8.51. The lowest BCUT2D eigenvalue weighted by Crippen LogP contribution is -2.33. The van der Waals surface area contributed by atoms with Gasteiger partial charge in [-0.05, 0) is 12.0 Å². The molecule has 5 N–H and O–H groups in total. The molecule has 4 heteroatoms. The molecule has 0 bridgehead atoms. The first-order valence-corrected chi connectivity index (χ1v) is 4.68. The second kappa shape index (κ2) is 4.39. The highest BCUT2D eigenvalue weighted by Gasteiger charge is 2.21. The fourth-order valence-corrected chi connectivity index (χ4v) is 1.25. The molecule has 1 rings (SSSR count). The lowest BCUT2D eigenvalue weighted by atomic mass is 9.95. The van der Waals surface area contributed by atoms with Crippen LogP contribution in [-0.2, 0) is 0 Å². The van der Waals surface area contributed by atoms with Crippen LogP contribution in [0.2, 0.25) is 0 Å². The summed E-state index contributed by atoms with van der Waals surface area (Å²) in [5, 5.41) is 9.90. The second-order valence-corrected chi connectivity index (χ2v) is 3.74. The number of nitrogens with zero attached hydrogens (tertiary/aromatic N) is 1. The highest BCUT2D eigenvalue weighted by molar-refractivity contribution is 5.40. The highest BCUT2D eigenvalue weighted by Crippen LogP contribution is 2.23. The van der Waals surface area contributed by atoms with Crippen LogP contribution >= 0.6 is 0 Å². The summed E-state index contributed by atoms with van der Waals surface area (Å²) in [7, 11) is 0. The molecule has 0 fully saturated rings. The van der Waals surface area contributed by atoms with Gasteiger partial charge in [0.1, 0.15) is 5.82 Å². The minimum atomic E-state index is -0.747. The minimum Gasteiger partial charge on any atom is -0.387 e. The molecule has 0 aliphatic rings. The number of nitrogens with two attached hydrogens (primary N) is 2. The molecule has 1 aromatic heterocycles. The Kier molecular flexibility index (Phi) is 3.43. The van der Waals surface area contributed by atoms with Crippen LogP contribution in [-0.4, -0.2) is 16.1 Å². The molecule has 1 heterocycles. The lowest BCUT2D eigenvalue weighted by Gasteiger charge is -2.22. The molecule has 0 amide bonds. The summed E-state index contributed by atoms with van der Waals surface area (Å²) in [4.78, 5) is 3.90. The molecule has 2 atom stereocenters. The average Bonchev–Trinajstić information content (AvgIpc) is 2.16. The van der Waals surface area contributed by atoms with Gasteiger partial charge in [0.15, 0.2) is 0 Å². The van der Waals surface area contributed by atoms with Crippen LogP contribution in [0.15, 0.2) is 18.3 Å². The summed E-state index contributed by atoms with van der Waals surface area (Å²) < 4.78 is 0. The van der Waals surface area contributed by atoms with E-state index in [4.69, 9.17) is 11.5 Å². The number of rotatable bonds is 3. The van der Waals surface area contributed by atoms with E-state index in [2.05, 4.69) is 4.98 Å². The maximum atomic E-state index is 9.90. The van der Waals surface area contributed by atoms with E-state index < -0.39 is 6.10 Å². The lowest BCUT2D eigenvalue weighted by molar-refractivity contribution is 0.126. The third kappa shape index (κ3) is 2.21. The van der Waals surface area contributed by atoms with Gasteiger partial charge in [0.2, 0.25) is 0 Å². The number of aliphatic hydroxyl groups excluding tert-OH is 1. The smallest absolute Gasteiger partial charge is 0.129 e. The van der Waals surface area contributed by atoms with Crippen molar-refractivity contribution in [2.24, 2.45) is 11.7 Å². The van der Waals surface area contributed by atoms with Gasteiger partial charge in [0, 0.05) is 17.8 Å². The van der Waals surface area contributed by atoms with Gasteiger partial charge < -0.3 is 16.6 Å². The number of aliphatic hydroxyl groups is 1. The topological polar surface area (TPSA) is 85.2 Å². The van der Waals surface area contributed by atoms with Gasteiger partial charge in [-0.1, -0.05) is 19.9 Å². The van der Waals surface area contributed by atoms with E-state index in [0.717, 1.165) is 0 Å². The van der Waals surface area contributed by atoms with Crippen molar-refractivity contribution < 1.29 is 5.11 Å². The summed E-state index contributed by atoms with van der Waals surface area (Å²) in [5.41, 5.74) is 12.1. The van der Waals surface area contributed by atoms with E-state index in [9.17, 15) is 5.11 Å². The van der Waals surface area contributed by atoms with Gasteiger partial charge in [-0.25, -0.2) is 4.98 Å². The van der Waals surface area contributed by atoms with Crippen molar-refractivity contribution >= 4 is 5.82 Å². The summed E-state index contributed by atoms with van der Waals surface area (Å²) in [6.07, 6.45) is 0.843. The van der Waals surface area contributed by atoms with E-state index in [-0.39, 0.29) is 12.0 Å². The molecule has 0 aromatic carbocycles. The molecular weight excluding hydrogens is 178 g/mol. The first-order valence-electron chi connectivity index (χ1n) is 4.68. The largest absolute Gasteiger partial charge is 0.387 e. The van der Waals surface area contributed by atoms with Gasteiger partial charge in [-0.15, -0.1) is 0 Å². The van der Waals surface area contributed by atoms with Gasteiger partial charge in [-0.2, -0.15) is 0 Å². The van der Waals surface area contributed by atoms with Gasteiger partial charge in [-0.3, -0.25) is 0 Å². The van der Waals surface area contributed by atoms with Crippen molar-refractivity contribution in [1.82, 2.24) is 4.98 Å². The van der Waals surface area contributed by atoms with Gasteiger partial charge >= 0.3 is 0 Å². The number of nitrogen functional groups attached to an aromatic ring is 1. The van der Waals surface area contributed by atoms with Crippen LogP contribution in [0.3, 0.4) is 0 Å². The number of hydrogen-bond donors (Lipinski definition) is 3. The first-order chi connectivity index (χ1) is 6.54. The van der Waals surface area contributed by atoms with Crippen LogP contribution < -0.4 is 11.5 Å². The molecule has 14 heavy (non-hydrogen) atoms. The third-order valence-electron chi connectivity index (χ3n) is 2.32. The Balaban J connectivity index is 2.89. The zero-order chi connectivity index (χ0) is 10.7. The van der Waals surface area contributed by atoms with Crippen molar-refractivity contribution in [1.29, 1.82) is 0 Å². The summed E-state index contributed by atoms with van der Waals surface area (Å²) in [6.45, 7) is 3.92. The summed E-state index contributed by atoms with van der Waals surface area (Å²) >= 11 is 0. The zero-order valence-electron chi connectivity index (χ0n) is 8.51. The summed E-state index contributed by atoms with van der Waals surface area (Å²) in [6, 6.07) is 3.17. The van der Waals surface area contributed by atoms with Crippen molar-refractivity contribution in [3.8, 4) is 0 Å². The van der Waals surface area contributed by atoms with Crippen molar-refractivity contribution in [3.63, 3.8) is 0 Å². The molecular formula is C10H17N3O. The fourth-order valence-electron chi connectivity index (χ4n) is 1.25. The van der Waals surface area contributed by atoms with Crippen LogP contribution in [0.1, 0.15) is 25.5 Å². The number of anilines is 1. The maximum absolute atomic E-state index is 9.90. The Morgan fingerprint density at radius 1 is 1.43 bits per heavy atom. The Morgan fingerprint density at radius 3 is 2.57 bits per heavy atom. The Labute approximate surface area is 83.9 Å². The van der Waals surface area contributed by atoms with E-state index in [1.54, 1.807) is 18.3 Å². The van der Waals surface area contributed by atoms with Crippen molar-refractivity contribution in [2.75, 3.05) is 5.73 Å². The van der Waals surface area contributed by atoms with Crippen LogP contribution in [0.5, 0.6) is 0 Å². The number of aromatic nitrogens is 1. The van der Waals surface area contributed by atoms with Crippen LogP contribution in [0.4, 0.5) is 5.82 Å². The van der Waals surface area contributed by atoms with E-state index in [1.807, 2.05) is 13.8 Å². The van der Waals surface area contributed by atoms with Gasteiger partial charge in [0.05, 0.1) is 6.10 Å². The quantitative estimate of drug-likeness (QED) is 0.662. The SMILES string of the molecule is CC(C)[C@H](N)[C@@H](O)c1cccnc1N. The van der Waals surface area contributed by atoms with Crippen molar-refractivity contribution in [2.45, 2.75) is 26.0 Å². The highest BCUT2D eigenvalue weighted by atomic mass is 16.3. The normalized spacial score (nSPS) is 15.5. The molecule has 0 saturated heterocycles. The third-order valence-corrected chi connectivity index (χ3v) is 2.32. The van der Waals surface area contributed by atoms with E-state index >= 15 is 0 Å². The van der Waals surface area contributed by atoms with Crippen LogP contribution in [0.25, 0.3) is 0 Å². The Hall–Kier alpha value is -1.13. The Morgan fingerprint density at radius 2 is 2.07 bits per heavy atom. The molecule has 1 aromatic rings. The predicted molar refractivity (Wildman–Crippen MR) is 56.4 cm³/mol. The minimum absolute atomic E-state index is 0.199. The monoisotopic (exact) mass is 195 g/mol. The van der Waals surface area contributed by atoms with Gasteiger partial charge in [0.25, 0.3) is 0 Å². The number of hydrogen-bond acceptors (Lipinski definition) is 4. The van der Waals surface area contributed by atoms with Crippen LogP contribution in [0, 0.1) is 5.92 Å². The molecule has 0 saturated carbocycles. The average molecular weight is 195 g/mol. The maximum Gasteiger partial charge on any atom is 0.129 e. The molecule has 0 aliphatic heterocycles. The summed E-state index contributed by atoms with van der Waals surface area (Å²) in [5.74, 6) is 0.542. The molecule has 0 unspecified atom stereocenters. The number of pyridine rings is 1. The molecule has 0 spiro atoms. The Bertz CT molecular complexity index is 301. The first kappa shape index (κ1) is 10.9. The van der Waals surface area contributed by atoms with Crippen molar-refractivity contribution in [3.05, 3.63) is 23.9 Å². The molecule has 4 nitrogen and oxygen atoms in total. The standard InChI is InChI=1S/C10H17N3O/c1-6(2)8(11)9(14)7-4-3-5-13-10(7)12/h3-6,8-9,14H,11H2,1-2H3,(H2,12,13)/t8-,9-/m0/s1. The predicted octanol–water partition coefficient (Wildman–Crippen LogP) is 0.680. The second-order valence-electron chi connectivity index (χ2n) is 3.74. The molecule has 0 aliphatic carbocycles. The van der Waals surface area contributed by atoms with E-state index in [1.165, 1.54) is 0 Å².